The van der Waals surface area contributed by atoms with E-state index in [4.69, 9.17) is 10.9 Å². The van der Waals surface area contributed by atoms with Gasteiger partial charge in [0.15, 0.2) is 5.03 Å². The average Bonchev–Trinajstić information content (AvgIpc) is 2.57. The van der Waals surface area contributed by atoms with Crippen molar-refractivity contribution in [2.75, 3.05) is 0 Å². The zero-order valence-electron chi connectivity index (χ0n) is 11.1. The maximum Gasteiger partial charge on any atom is 0.257 e. The third kappa shape index (κ3) is 2.81. The highest BCUT2D eigenvalue weighted by molar-refractivity contribution is 7.89. The van der Waals surface area contributed by atoms with Gasteiger partial charge in [0.25, 0.3) is 10.0 Å². The quantitative estimate of drug-likeness (QED) is 0.692. The smallest absolute Gasteiger partial charge is 0.257 e. The molecule has 1 aliphatic rings. The molecular weight excluding hydrogens is 268 g/mol. The summed E-state index contributed by atoms with van der Waals surface area (Å²) in [6, 6.07) is 0. The van der Waals surface area contributed by atoms with Crippen molar-refractivity contribution in [3.8, 4) is 0 Å². The molecular formula is C11H20N4O3S. The molecule has 0 spiro atoms. The van der Waals surface area contributed by atoms with Crippen LogP contribution >= 0.6 is 0 Å². The number of primary sulfonamides is 1. The lowest BCUT2D eigenvalue weighted by Crippen LogP contribution is -2.47. The Morgan fingerprint density at radius 3 is 2.58 bits per heavy atom. The highest BCUT2D eigenvalue weighted by Crippen LogP contribution is 2.41. The van der Waals surface area contributed by atoms with Crippen LogP contribution in [0.4, 0.5) is 0 Å². The van der Waals surface area contributed by atoms with Crippen LogP contribution in [0.15, 0.2) is 11.2 Å². The molecule has 1 unspecified atom stereocenters. The second-order valence-electron chi connectivity index (χ2n) is 5.74. The average molecular weight is 288 g/mol. The molecule has 1 aromatic rings. The molecule has 1 aromatic heterocycles. The van der Waals surface area contributed by atoms with E-state index in [1.807, 2.05) is 0 Å². The minimum Gasteiger partial charge on any atom is -0.390 e. The van der Waals surface area contributed by atoms with Crippen molar-refractivity contribution < 1.29 is 13.5 Å². The molecule has 108 valence electrons. The Kier molecular flexibility index (Phi) is 3.25. The lowest BCUT2D eigenvalue weighted by molar-refractivity contribution is -0.0560. The number of sulfonamides is 1. The molecule has 19 heavy (non-hydrogen) atoms. The van der Waals surface area contributed by atoms with Gasteiger partial charge in [-0.05, 0) is 32.6 Å². The molecule has 1 fully saturated rings. The van der Waals surface area contributed by atoms with Crippen LogP contribution in [0.3, 0.4) is 0 Å². The fourth-order valence-corrected chi connectivity index (χ4v) is 3.45. The summed E-state index contributed by atoms with van der Waals surface area (Å²) in [5.74, 6) is 0. The largest absolute Gasteiger partial charge is 0.390 e. The standard InChI is InChI=1S/C11H20N4O3S/c1-10(12,7-11(16)4-3-5-11)8-6-15(2)14-9(8)19(13,17)18/h6,16H,3-5,7,12H2,1-2H3,(H2,13,17,18). The van der Waals surface area contributed by atoms with Crippen LogP contribution in [0.2, 0.25) is 0 Å². The molecule has 0 aromatic carbocycles. The first-order valence-electron chi connectivity index (χ1n) is 6.12. The van der Waals surface area contributed by atoms with Crippen LogP contribution in [0.25, 0.3) is 0 Å². The van der Waals surface area contributed by atoms with E-state index in [-0.39, 0.29) is 11.4 Å². The molecule has 0 bridgehead atoms. The van der Waals surface area contributed by atoms with E-state index in [0.29, 0.717) is 18.4 Å². The summed E-state index contributed by atoms with van der Waals surface area (Å²) >= 11 is 0. The first-order chi connectivity index (χ1) is 8.54. The second-order valence-corrected chi connectivity index (χ2v) is 7.22. The van der Waals surface area contributed by atoms with Gasteiger partial charge >= 0.3 is 0 Å². The molecule has 0 aliphatic heterocycles. The van der Waals surface area contributed by atoms with Crippen LogP contribution in [0, 0.1) is 0 Å². The van der Waals surface area contributed by atoms with Crippen molar-refractivity contribution in [3.63, 3.8) is 0 Å². The Hall–Kier alpha value is -0.960. The van der Waals surface area contributed by atoms with Crippen molar-refractivity contribution in [1.29, 1.82) is 0 Å². The monoisotopic (exact) mass is 288 g/mol. The maximum atomic E-state index is 11.5. The Bertz CT molecular complexity index is 587. The zero-order chi connectivity index (χ0) is 14.5. The maximum absolute atomic E-state index is 11.5. The van der Waals surface area contributed by atoms with Crippen molar-refractivity contribution in [1.82, 2.24) is 9.78 Å². The Morgan fingerprint density at radius 2 is 2.16 bits per heavy atom. The van der Waals surface area contributed by atoms with Gasteiger partial charge < -0.3 is 10.8 Å². The number of aryl methyl sites for hydroxylation is 1. The summed E-state index contributed by atoms with van der Waals surface area (Å²) < 4.78 is 24.5. The SMILES string of the molecule is Cn1cc(C(C)(N)CC2(O)CCC2)c(S(N)(=O)=O)n1. The third-order valence-electron chi connectivity index (χ3n) is 3.66. The topological polar surface area (TPSA) is 124 Å². The van der Waals surface area contributed by atoms with Crippen molar-refractivity contribution in [2.24, 2.45) is 17.9 Å². The number of aliphatic hydroxyl groups is 1. The third-order valence-corrected chi connectivity index (χ3v) is 4.50. The van der Waals surface area contributed by atoms with Crippen LogP contribution in [-0.2, 0) is 22.6 Å². The normalized spacial score (nSPS) is 21.7. The van der Waals surface area contributed by atoms with Gasteiger partial charge in [0.1, 0.15) is 0 Å². The molecule has 0 saturated heterocycles. The van der Waals surface area contributed by atoms with Crippen LogP contribution < -0.4 is 10.9 Å². The van der Waals surface area contributed by atoms with Crippen molar-refractivity contribution in [3.05, 3.63) is 11.8 Å². The Labute approximate surface area is 112 Å². The van der Waals surface area contributed by atoms with E-state index in [1.54, 1.807) is 20.2 Å². The van der Waals surface area contributed by atoms with Gasteiger partial charge in [0, 0.05) is 24.3 Å². The molecule has 5 N–H and O–H groups in total. The molecule has 7 nitrogen and oxygen atoms in total. The van der Waals surface area contributed by atoms with Crippen LogP contribution in [0.1, 0.15) is 38.2 Å². The van der Waals surface area contributed by atoms with E-state index in [2.05, 4.69) is 5.10 Å². The van der Waals surface area contributed by atoms with E-state index >= 15 is 0 Å². The van der Waals surface area contributed by atoms with Gasteiger partial charge in [0.2, 0.25) is 0 Å². The first kappa shape index (κ1) is 14.4. The fraction of sp³-hybridized carbons (Fsp3) is 0.727. The lowest BCUT2D eigenvalue weighted by Gasteiger charge is -2.42. The van der Waals surface area contributed by atoms with Gasteiger partial charge in [0.05, 0.1) is 5.60 Å². The zero-order valence-corrected chi connectivity index (χ0v) is 11.9. The van der Waals surface area contributed by atoms with Crippen molar-refractivity contribution >= 4 is 10.0 Å². The number of nitrogens with two attached hydrogens (primary N) is 2. The number of rotatable bonds is 4. The van der Waals surface area contributed by atoms with E-state index < -0.39 is 21.2 Å². The summed E-state index contributed by atoms with van der Waals surface area (Å²) in [6.45, 7) is 1.69. The van der Waals surface area contributed by atoms with Gasteiger partial charge in [-0.3, -0.25) is 4.68 Å². The minimum absolute atomic E-state index is 0.220. The molecule has 2 rings (SSSR count). The van der Waals surface area contributed by atoms with Crippen LogP contribution in [0.5, 0.6) is 0 Å². The molecule has 8 heteroatoms. The first-order valence-corrected chi connectivity index (χ1v) is 7.66. The van der Waals surface area contributed by atoms with Crippen molar-refractivity contribution in [2.45, 2.75) is 48.8 Å². The Morgan fingerprint density at radius 1 is 1.58 bits per heavy atom. The number of nitrogens with zero attached hydrogens (tertiary/aromatic N) is 2. The molecule has 1 aliphatic carbocycles. The summed E-state index contributed by atoms with van der Waals surface area (Å²) in [4.78, 5) is 0. The van der Waals surface area contributed by atoms with Gasteiger partial charge in [-0.25, -0.2) is 13.6 Å². The summed E-state index contributed by atoms with van der Waals surface area (Å²) in [6.07, 6.45) is 4.16. The molecule has 1 heterocycles. The highest BCUT2D eigenvalue weighted by Gasteiger charge is 2.42. The van der Waals surface area contributed by atoms with Gasteiger partial charge in [-0.1, -0.05) is 0 Å². The van der Waals surface area contributed by atoms with E-state index in [1.165, 1.54) is 4.68 Å². The summed E-state index contributed by atoms with van der Waals surface area (Å²) in [5, 5.41) is 19.0. The lowest BCUT2D eigenvalue weighted by atomic mass is 9.71. The summed E-state index contributed by atoms with van der Waals surface area (Å²) in [7, 11) is -2.33. The summed E-state index contributed by atoms with van der Waals surface area (Å²) in [5.41, 5.74) is 4.75. The predicted octanol–water partition coefficient (Wildman–Crippen LogP) is -0.453. The fourth-order valence-electron chi connectivity index (χ4n) is 2.61. The molecule has 1 saturated carbocycles. The number of hydrogen-bond acceptors (Lipinski definition) is 5. The predicted molar refractivity (Wildman–Crippen MR) is 69.5 cm³/mol. The molecule has 1 atom stereocenters. The van der Waals surface area contributed by atoms with Crippen LogP contribution in [-0.4, -0.2) is 28.9 Å². The van der Waals surface area contributed by atoms with Gasteiger partial charge in [-0.2, -0.15) is 5.10 Å². The molecule has 0 amide bonds. The minimum atomic E-state index is -3.93. The number of hydrogen-bond donors (Lipinski definition) is 3. The van der Waals surface area contributed by atoms with Gasteiger partial charge in [-0.15, -0.1) is 0 Å². The number of aromatic nitrogens is 2. The second kappa shape index (κ2) is 4.27. The van der Waals surface area contributed by atoms with E-state index in [9.17, 15) is 13.5 Å². The van der Waals surface area contributed by atoms with E-state index in [0.717, 1.165) is 6.42 Å². The highest BCUT2D eigenvalue weighted by atomic mass is 32.2. The molecule has 0 radical (unpaired) electrons. The Balaban J connectivity index is 2.40.